The third-order valence-electron chi connectivity index (χ3n) is 4.48. The number of aromatic nitrogens is 4. The Hall–Kier alpha value is -1.67. The van der Waals surface area contributed by atoms with Gasteiger partial charge in [-0.3, -0.25) is 4.68 Å². The Balaban J connectivity index is 1.84. The van der Waals surface area contributed by atoms with Gasteiger partial charge in [0, 0.05) is 45.0 Å². The van der Waals surface area contributed by atoms with Crippen LogP contribution in [0.1, 0.15) is 37.1 Å². The molecule has 8 heteroatoms. The molecule has 23 heavy (non-hydrogen) atoms. The molecule has 1 aliphatic rings. The summed E-state index contributed by atoms with van der Waals surface area (Å²) in [6, 6.07) is 0. The fraction of sp³-hybridized carbons (Fsp3) is 0.600. The van der Waals surface area contributed by atoms with Crippen molar-refractivity contribution >= 4 is 10.0 Å². The maximum atomic E-state index is 12.9. The molecule has 0 saturated carbocycles. The number of imidazole rings is 1. The van der Waals surface area contributed by atoms with E-state index < -0.39 is 10.0 Å². The van der Waals surface area contributed by atoms with Gasteiger partial charge >= 0.3 is 0 Å². The molecule has 1 atom stereocenters. The van der Waals surface area contributed by atoms with Gasteiger partial charge in [0.15, 0.2) is 5.03 Å². The highest BCUT2D eigenvalue weighted by atomic mass is 32.2. The summed E-state index contributed by atoms with van der Waals surface area (Å²) in [5.74, 6) is 0.925. The SMILES string of the molecule is CCn1cc(S(=O)(=O)N2CCCC(c3cnn(C)c3)C2)nc1C. The summed E-state index contributed by atoms with van der Waals surface area (Å²) in [7, 11) is -1.66. The van der Waals surface area contributed by atoms with Crippen LogP contribution < -0.4 is 0 Å². The first-order valence-electron chi connectivity index (χ1n) is 7.94. The summed E-state index contributed by atoms with van der Waals surface area (Å²) in [4.78, 5) is 4.25. The summed E-state index contributed by atoms with van der Waals surface area (Å²) in [6.07, 6.45) is 7.28. The van der Waals surface area contributed by atoms with Gasteiger partial charge in [-0.05, 0) is 32.3 Å². The molecule has 0 aliphatic carbocycles. The number of piperidine rings is 1. The van der Waals surface area contributed by atoms with Gasteiger partial charge in [-0.15, -0.1) is 0 Å². The molecular formula is C15H23N5O2S. The third kappa shape index (κ3) is 3.05. The van der Waals surface area contributed by atoms with Crippen LogP contribution in [0.4, 0.5) is 0 Å². The van der Waals surface area contributed by atoms with Crippen LogP contribution in [0.2, 0.25) is 0 Å². The fourth-order valence-corrected chi connectivity index (χ4v) is 4.66. The Morgan fingerprint density at radius 1 is 1.35 bits per heavy atom. The number of hydrogen-bond donors (Lipinski definition) is 0. The lowest BCUT2D eigenvalue weighted by atomic mass is 9.94. The van der Waals surface area contributed by atoms with Crippen LogP contribution in [0.5, 0.6) is 0 Å². The Labute approximate surface area is 137 Å². The first-order chi connectivity index (χ1) is 10.9. The van der Waals surface area contributed by atoms with Crippen molar-refractivity contribution in [2.24, 2.45) is 7.05 Å². The zero-order valence-electron chi connectivity index (χ0n) is 13.8. The molecule has 0 aromatic carbocycles. The maximum Gasteiger partial charge on any atom is 0.262 e. The predicted molar refractivity (Wildman–Crippen MR) is 86.6 cm³/mol. The van der Waals surface area contributed by atoms with Gasteiger partial charge in [0.2, 0.25) is 0 Å². The highest BCUT2D eigenvalue weighted by Crippen LogP contribution is 2.29. The van der Waals surface area contributed by atoms with Crippen LogP contribution in [-0.4, -0.2) is 45.1 Å². The van der Waals surface area contributed by atoms with Crippen LogP contribution in [0.25, 0.3) is 0 Å². The molecule has 126 valence electrons. The molecule has 2 aromatic rings. The molecule has 3 heterocycles. The average molecular weight is 337 g/mol. The molecule has 3 rings (SSSR count). The van der Waals surface area contributed by atoms with E-state index in [1.807, 2.05) is 37.9 Å². The third-order valence-corrected chi connectivity index (χ3v) is 6.22. The van der Waals surface area contributed by atoms with E-state index in [0.717, 1.165) is 24.2 Å². The molecule has 1 aliphatic heterocycles. The lowest BCUT2D eigenvalue weighted by Gasteiger charge is -2.30. The van der Waals surface area contributed by atoms with Crippen molar-refractivity contribution in [1.29, 1.82) is 0 Å². The van der Waals surface area contributed by atoms with E-state index in [-0.39, 0.29) is 10.9 Å². The standard InChI is InChI=1S/C15H23N5O2S/c1-4-19-11-15(17-12(19)2)23(21,22)20-7-5-6-13(10-20)14-8-16-18(3)9-14/h8-9,11,13H,4-7,10H2,1-3H3. The van der Waals surface area contributed by atoms with Gasteiger partial charge in [0.25, 0.3) is 10.0 Å². The summed E-state index contributed by atoms with van der Waals surface area (Å²) in [5.41, 5.74) is 1.10. The highest BCUT2D eigenvalue weighted by molar-refractivity contribution is 7.89. The number of aryl methyl sites for hydroxylation is 3. The molecule has 1 saturated heterocycles. The second-order valence-electron chi connectivity index (χ2n) is 6.06. The van der Waals surface area contributed by atoms with Crippen molar-refractivity contribution in [3.05, 3.63) is 30.0 Å². The molecule has 1 fully saturated rings. The Bertz CT molecular complexity index is 793. The van der Waals surface area contributed by atoms with Gasteiger partial charge < -0.3 is 4.57 Å². The topological polar surface area (TPSA) is 73.0 Å². The van der Waals surface area contributed by atoms with Crippen LogP contribution in [0, 0.1) is 6.92 Å². The second kappa shape index (κ2) is 6.09. The molecule has 0 amide bonds. The van der Waals surface area contributed by atoms with Gasteiger partial charge in [-0.2, -0.15) is 9.40 Å². The van der Waals surface area contributed by atoms with Gasteiger partial charge in [0.1, 0.15) is 5.82 Å². The van der Waals surface area contributed by atoms with Crippen molar-refractivity contribution in [1.82, 2.24) is 23.6 Å². The summed E-state index contributed by atoms with van der Waals surface area (Å²) in [5, 5.41) is 4.35. The lowest BCUT2D eigenvalue weighted by Crippen LogP contribution is -2.39. The van der Waals surface area contributed by atoms with E-state index in [1.54, 1.807) is 15.2 Å². The monoisotopic (exact) mass is 337 g/mol. The van der Waals surface area contributed by atoms with E-state index >= 15 is 0 Å². The van der Waals surface area contributed by atoms with Crippen molar-refractivity contribution < 1.29 is 8.42 Å². The molecule has 2 aromatic heterocycles. The van der Waals surface area contributed by atoms with Crippen LogP contribution in [-0.2, 0) is 23.6 Å². The summed E-state index contributed by atoms with van der Waals surface area (Å²) in [6.45, 7) is 5.57. The molecule has 0 N–H and O–H groups in total. The minimum Gasteiger partial charge on any atom is -0.334 e. The number of nitrogens with zero attached hydrogens (tertiary/aromatic N) is 5. The fourth-order valence-electron chi connectivity index (χ4n) is 3.14. The summed E-state index contributed by atoms with van der Waals surface area (Å²) >= 11 is 0. The molecule has 1 unspecified atom stereocenters. The zero-order chi connectivity index (χ0) is 16.6. The van der Waals surface area contributed by atoms with Gasteiger partial charge in [-0.1, -0.05) is 0 Å². The van der Waals surface area contributed by atoms with Gasteiger partial charge in [0.05, 0.1) is 6.20 Å². The molecule has 7 nitrogen and oxygen atoms in total. The first kappa shape index (κ1) is 16.2. The minimum atomic E-state index is -3.53. The molecular weight excluding hydrogens is 314 g/mol. The van der Waals surface area contributed by atoms with E-state index in [0.29, 0.717) is 19.6 Å². The van der Waals surface area contributed by atoms with Crippen molar-refractivity contribution in [3.63, 3.8) is 0 Å². The van der Waals surface area contributed by atoms with E-state index in [4.69, 9.17) is 0 Å². The maximum absolute atomic E-state index is 12.9. The largest absolute Gasteiger partial charge is 0.334 e. The van der Waals surface area contributed by atoms with Crippen molar-refractivity contribution in [3.8, 4) is 0 Å². The summed E-state index contributed by atoms with van der Waals surface area (Å²) < 4.78 is 30.9. The lowest BCUT2D eigenvalue weighted by molar-refractivity contribution is 0.315. The number of rotatable bonds is 4. The highest BCUT2D eigenvalue weighted by Gasteiger charge is 2.33. The Morgan fingerprint density at radius 2 is 2.13 bits per heavy atom. The Kier molecular flexibility index (Phi) is 4.29. The first-order valence-corrected chi connectivity index (χ1v) is 9.38. The van der Waals surface area contributed by atoms with Crippen LogP contribution in [0.15, 0.2) is 23.6 Å². The van der Waals surface area contributed by atoms with Crippen LogP contribution >= 0.6 is 0 Å². The minimum absolute atomic E-state index is 0.156. The van der Waals surface area contributed by atoms with Crippen LogP contribution in [0.3, 0.4) is 0 Å². The number of sulfonamides is 1. The van der Waals surface area contributed by atoms with Gasteiger partial charge in [-0.25, -0.2) is 13.4 Å². The molecule has 0 spiro atoms. The number of hydrogen-bond acceptors (Lipinski definition) is 4. The van der Waals surface area contributed by atoms with E-state index in [9.17, 15) is 8.42 Å². The Morgan fingerprint density at radius 3 is 2.74 bits per heavy atom. The van der Waals surface area contributed by atoms with Crippen molar-refractivity contribution in [2.45, 2.75) is 44.2 Å². The van der Waals surface area contributed by atoms with E-state index in [1.165, 1.54) is 0 Å². The quantitative estimate of drug-likeness (QED) is 0.848. The smallest absolute Gasteiger partial charge is 0.262 e. The van der Waals surface area contributed by atoms with Crippen molar-refractivity contribution in [2.75, 3.05) is 13.1 Å². The molecule has 0 bridgehead atoms. The average Bonchev–Trinajstić information content (AvgIpc) is 3.13. The normalized spacial score (nSPS) is 20.0. The van der Waals surface area contributed by atoms with E-state index in [2.05, 4.69) is 10.1 Å². The molecule has 0 radical (unpaired) electrons. The predicted octanol–water partition coefficient (Wildman–Crippen LogP) is 1.51. The second-order valence-corrected chi connectivity index (χ2v) is 7.95. The zero-order valence-corrected chi connectivity index (χ0v) is 14.6.